The highest BCUT2D eigenvalue weighted by atomic mass is 35.5. The Morgan fingerprint density at radius 3 is 2.32 bits per heavy atom. The van der Waals surface area contributed by atoms with Crippen LogP contribution in [-0.4, -0.2) is 39.8 Å². The molecular formula is C17H14Cl3FN2O4S. The van der Waals surface area contributed by atoms with Crippen molar-refractivity contribution >= 4 is 56.4 Å². The summed E-state index contributed by atoms with van der Waals surface area (Å²) in [5, 5.41) is 1.02. The zero-order valence-electron chi connectivity index (χ0n) is 14.4. The highest BCUT2D eigenvalue weighted by Gasteiger charge is 2.30. The van der Waals surface area contributed by atoms with Crippen LogP contribution in [0.5, 0.6) is 5.75 Å². The lowest BCUT2D eigenvalue weighted by molar-refractivity contribution is 0.0977. The van der Waals surface area contributed by atoms with Crippen molar-refractivity contribution in [3.05, 3.63) is 56.8 Å². The van der Waals surface area contributed by atoms with Crippen molar-refractivity contribution in [3.8, 4) is 5.75 Å². The Bertz CT molecular complexity index is 1020. The first-order chi connectivity index (χ1) is 13.0. The minimum atomic E-state index is -3.83. The molecule has 0 atom stereocenters. The normalized spacial score (nSPS) is 14.5. The molecule has 1 heterocycles. The molecule has 0 radical (unpaired) electrons. The summed E-state index contributed by atoms with van der Waals surface area (Å²) in [5.41, 5.74) is 0.342. The van der Waals surface area contributed by atoms with Crippen molar-refractivity contribution in [2.45, 2.75) is 6.10 Å². The molecule has 6 nitrogen and oxygen atoms in total. The Kier molecular flexibility index (Phi) is 5.95. The quantitative estimate of drug-likeness (QED) is 0.725. The molecule has 0 unspecified atom stereocenters. The molecule has 0 aliphatic carbocycles. The Hall–Kier alpha value is -1.74. The predicted molar refractivity (Wildman–Crippen MR) is 107 cm³/mol. The van der Waals surface area contributed by atoms with Crippen molar-refractivity contribution in [1.82, 2.24) is 4.72 Å². The fraction of sp³-hybridized carbons (Fsp3) is 0.235. The smallest absolute Gasteiger partial charge is 0.267 e. The Morgan fingerprint density at radius 2 is 1.75 bits per heavy atom. The molecule has 0 aromatic heterocycles. The summed E-state index contributed by atoms with van der Waals surface area (Å²) < 4.78 is 43.8. The molecule has 28 heavy (non-hydrogen) atoms. The summed E-state index contributed by atoms with van der Waals surface area (Å²) in [5.74, 6) is -2.00. The molecule has 2 aromatic rings. The number of ether oxygens (including phenoxy) is 1. The van der Waals surface area contributed by atoms with Crippen LogP contribution in [0.4, 0.5) is 10.1 Å². The van der Waals surface area contributed by atoms with Crippen LogP contribution in [-0.2, 0) is 10.0 Å². The zero-order chi connectivity index (χ0) is 20.6. The summed E-state index contributed by atoms with van der Waals surface area (Å²) >= 11 is 18.0. The molecule has 1 aliphatic rings. The van der Waals surface area contributed by atoms with Gasteiger partial charge in [-0.3, -0.25) is 4.79 Å². The van der Waals surface area contributed by atoms with E-state index in [9.17, 15) is 17.6 Å². The van der Waals surface area contributed by atoms with Gasteiger partial charge in [-0.2, -0.15) is 0 Å². The standard InChI is InChI=1S/C17H14Cl3FN2O4S/c1-28(25,26)22-17(24)13-5-14(20)16(6-15(13)21)27-12-7-23(8-12)11-3-9(18)2-10(19)4-11/h2-6,12H,7-8H2,1H3,(H,22,24). The van der Waals surface area contributed by atoms with E-state index >= 15 is 0 Å². The maximum atomic E-state index is 14.2. The van der Waals surface area contributed by atoms with E-state index in [-0.39, 0.29) is 16.9 Å². The second kappa shape index (κ2) is 7.94. The first-order valence-electron chi connectivity index (χ1n) is 7.90. The second-order valence-corrected chi connectivity index (χ2v) is 9.27. The first-order valence-corrected chi connectivity index (χ1v) is 10.9. The highest BCUT2D eigenvalue weighted by molar-refractivity contribution is 7.89. The Morgan fingerprint density at radius 1 is 1.14 bits per heavy atom. The van der Waals surface area contributed by atoms with E-state index in [1.807, 2.05) is 4.90 Å². The van der Waals surface area contributed by atoms with Crippen molar-refractivity contribution in [2.24, 2.45) is 0 Å². The number of hydrogen-bond acceptors (Lipinski definition) is 5. The summed E-state index contributed by atoms with van der Waals surface area (Å²) in [6.07, 6.45) is 0.530. The number of carbonyl (C=O) groups excluding carboxylic acids is 1. The molecule has 1 N–H and O–H groups in total. The van der Waals surface area contributed by atoms with Crippen LogP contribution >= 0.6 is 34.8 Å². The van der Waals surface area contributed by atoms with Crippen LogP contribution in [0.15, 0.2) is 30.3 Å². The van der Waals surface area contributed by atoms with E-state index in [4.69, 9.17) is 39.5 Å². The predicted octanol–water partition coefficient (Wildman–Crippen LogP) is 3.74. The maximum Gasteiger partial charge on any atom is 0.267 e. The van der Waals surface area contributed by atoms with Crippen molar-refractivity contribution in [1.29, 1.82) is 0 Å². The van der Waals surface area contributed by atoms with Crippen molar-refractivity contribution < 1.29 is 22.3 Å². The van der Waals surface area contributed by atoms with E-state index < -0.39 is 27.3 Å². The summed E-state index contributed by atoms with van der Waals surface area (Å²) in [6, 6.07) is 7.15. The first kappa shape index (κ1) is 21.0. The van der Waals surface area contributed by atoms with Crippen LogP contribution in [0.3, 0.4) is 0 Å². The lowest BCUT2D eigenvalue weighted by Crippen LogP contribution is -2.54. The van der Waals surface area contributed by atoms with Gasteiger partial charge in [0.1, 0.15) is 17.7 Å². The zero-order valence-corrected chi connectivity index (χ0v) is 17.5. The van der Waals surface area contributed by atoms with Crippen molar-refractivity contribution in [2.75, 3.05) is 24.2 Å². The van der Waals surface area contributed by atoms with Gasteiger partial charge in [-0.25, -0.2) is 17.5 Å². The number of sulfonamides is 1. The largest absolute Gasteiger partial charge is 0.485 e. The molecule has 0 bridgehead atoms. The number of benzene rings is 2. The Balaban J connectivity index is 1.67. The number of rotatable bonds is 5. The van der Waals surface area contributed by atoms with Crippen LogP contribution in [0.2, 0.25) is 15.1 Å². The number of carbonyl (C=O) groups is 1. The average Bonchev–Trinajstić information content (AvgIpc) is 2.50. The molecule has 0 saturated carbocycles. The van der Waals surface area contributed by atoms with E-state index in [2.05, 4.69) is 0 Å². The fourth-order valence-corrected chi connectivity index (χ4v) is 3.81. The molecule has 0 spiro atoms. The van der Waals surface area contributed by atoms with Crippen molar-refractivity contribution in [3.63, 3.8) is 0 Å². The summed E-state index contributed by atoms with van der Waals surface area (Å²) in [4.78, 5) is 13.8. The summed E-state index contributed by atoms with van der Waals surface area (Å²) in [7, 11) is -3.83. The van der Waals surface area contributed by atoms with Crippen LogP contribution in [0.1, 0.15) is 10.4 Å². The van der Waals surface area contributed by atoms with Gasteiger partial charge < -0.3 is 9.64 Å². The molecule has 150 valence electrons. The maximum absolute atomic E-state index is 14.2. The van der Waals surface area contributed by atoms with Gasteiger partial charge >= 0.3 is 0 Å². The molecule has 1 saturated heterocycles. The number of halogens is 4. The van der Waals surface area contributed by atoms with Gasteiger partial charge in [-0.15, -0.1) is 0 Å². The topological polar surface area (TPSA) is 75.7 Å². The average molecular weight is 468 g/mol. The van der Waals surface area contributed by atoms with Gasteiger partial charge in [0.15, 0.2) is 0 Å². The molecule has 1 amide bonds. The molecular weight excluding hydrogens is 454 g/mol. The van der Waals surface area contributed by atoms with E-state index in [1.165, 1.54) is 0 Å². The lowest BCUT2D eigenvalue weighted by atomic mass is 10.1. The minimum Gasteiger partial charge on any atom is -0.485 e. The summed E-state index contributed by atoms with van der Waals surface area (Å²) in [6.45, 7) is 1.01. The Labute approximate surface area is 176 Å². The van der Waals surface area contributed by atoms with E-state index in [0.717, 1.165) is 24.1 Å². The second-order valence-electron chi connectivity index (χ2n) is 6.24. The molecule has 2 aromatic carbocycles. The van der Waals surface area contributed by atoms with Gasteiger partial charge in [0.25, 0.3) is 5.91 Å². The SMILES string of the molecule is CS(=O)(=O)NC(=O)c1cc(Cl)c(OC2CN(c3cc(Cl)cc(Cl)c3)C2)cc1F. The van der Waals surface area contributed by atoms with Gasteiger partial charge in [0.05, 0.1) is 29.9 Å². The molecule has 1 fully saturated rings. The minimum absolute atomic E-state index is 0.00991. The van der Waals surface area contributed by atoms with Crippen LogP contribution in [0.25, 0.3) is 0 Å². The van der Waals surface area contributed by atoms with Gasteiger partial charge in [0.2, 0.25) is 10.0 Å². The van der Waals surface area contributed by atoms with Gasteiger partial charge in [0, 0.05) is 21.8 Å². The van der Waals surface area contributed by atoms with Crippen LogP contribution in [0, 0.1) is 5.82 Å². The highest BCUT2D eigenvalue weighted by Crippen LogP contribution is 2.33. The molecule has 3 rings (SSSR count). The molecule has 11 heteroatoms. The lowest BCUT2D eigenvalue weighted by Gasteiger charge is -2.41. The fourth-order valence-electron chi connectivity index (χ4n) is 2.64. The third kappa shape index (κ3) is 5.00. The monoisotopic (exact) mass is 466 g/mol. The van der Waals surface area contributed by atoms with E-state index in [0.29, 0.717) is 23.1 Å². The third-order valence-electron chi connectivity index (χ3n) is 3.90. The number of nitrogens with zero attached hydrogens (tertiary/aromatic N) is 1. The third-order valence-corrected chi connectivity index (χ3v) is 5.19. The number of hydrogen-bond donors (Lipinski definition) is 1. The van der Waals surface area contributed by atoms with Gasteiger partial charge in [-0.05, 0) is 24.3 Å². The van der Waals surface area contributed by atoms with E-state index in [1.54, 1.807) is 22.9 Å². The number of nitrogens with one attached hydrogen (secondary N) is 1. The van der Waals surface area contributed by atoms with Gasteiger partial charge in [-0.1, -0.05) is 34.8 Å². The number of anilines is 1. The molecule has 1 aliphatic heterocycles. The number of amides is 1. The van der Waals surface area contributed by atoms with Crippen LogP contribution < -0.4 is 14.4 Å².